The standard InChI is InChI=1S/C17H23ClN4S.HI/c1-12-16(23-13(2)21-12)9-10-20-17(19-3)22(4)11-14-7-5-6-8-15(14)18;/h5-8H,9-11H2,1-4H3,(H,19,20);1H. The Morgan fingerprint density at radius 3 is 2.62 bits per heavy atom. The minimum absolute atomic E-state index is 0. The van der Waals surface area contributed by atoms with Gasteiger partial charge in [0, 0.05) is 43.5 Å². The van der Waals surface area contributed by atoms with E-state index in [-0.39, 0.29) is 24.0 Å². The topological polar surface area (TPSA) is 40.5 Å². The molecule has 0 saturated heterocycles. The number of halogens is 2. The van der Waals surface area contributed by atoms with Gasteiger partial charge in [0.15, 0.2) is 5.96 Å². The van der Waals surface area contributed by atoms with Crippen LogP contribution in [0.25, 0.3) is 0 Å². The summed E-state index contributed by atoms with van der Waals surface area (Å²) < 4.78 is 0. The van der Waals surface area contributed by atoms with Gasteiger partial charge in [-0.2, -0.15) is 0 Å². The molecule has 0 saturated carbocycles. The summed E-state index contributed by atoms with van der Waals surface area (Å²) in [7, 11) is 3.81. The van der Waals surface area contributed by atoms with Crippen LogP contribution in [0.2, 0.25) is 5.02 Å². The first-order valence-corrected chi connectivity index (χ1v) is 8.78. The van der Waals surface area contributed by atoms with Gasteiger partial charge < -0.3 is 10.2 Å². The Balaban J connectivity index is 0.00000288. The number of aryl methyl sites for hydroxylation is 2. The molecule has 7 heteroatoms. The maximum absolute atomic E-state index is 6.23. The highest BCUT2D eigenvalue weighted by molar-refractivity contribution is 14.0. The van der Waals surface area contributed by atoms with E-state index in [1.165, 1.54) is 4.88 Å². The highest BCUT2D eigenvalue weighted by Crippen LogP contribution is 2.18. The highest BCUT2D eigenvalue weighted by Gasteiger charge is 2.09. The molecule has 0 aliphatic heterocycles. The zero-order valence-electron chi connectivity index (χ0n) is 14.5. The molecule has 0 bridgehead atoms. The van der Waals surface area contributed by atoms with Crippen LogP contribution in [0, 0.1) is 13.8 Å². The van der Waals surface area contributed by atoms with Gasteiger partial charge in [0.05, 0.1) is 10.7 Å². The van der Waals surface area contributed by atoms with Crippen molar-refractivity contribution in [2.45, 2.75) is 26.8 Å². The summed E-state index contributed by atoms with van der Waals surface area (Å²) in [5.41, 5.74) is 2.22. The third-order valence-electron chi connectivity index (χ3n) is 3.57. The van der Waals surface area contributed by atoms with Gasteiger partial charge in [-0.15, -0.1) is 35.3 Å². The first-order chi connectivity index (χ1) is 11.0. The maximum atomic E-state index is 6.23. The lowest BCUT2D eigenvalue weighted by Crippen LogP contribution is -2.39. The van der Waals surface area contributed by atoms with Crippen LogP contribution in [0.4, 0.5) is 0 Å². The van der Waals surface area contributed by atoms with Crippen molar-refractivity contribution < 1.29 is 0 Å². The van der Waals surface area contributed by atoms with E-state index in [9.17, 15) is 0 Å². The normalized spacial score (nSPS) is 11.1. The number of hydrogen-bond acceptors (Lipinski definition) is 3. The molecule has 2 rings (SSSR count). The number of nitrogens with one attached hydrogen (secondary N) is 1. The zero-order chi connectivity index (χ0) is 16.8. The van der Waals surface area contributed by atoms with Crippen LogP contribution in [0.3, 0.4) is 0 Å². The smallest absolute Gasteiger partial charge is 0.193 e. The summed E-state index contributed by atoms with van der Waals surface area (Å²) in [5, 5.41) is 5.31. The number of aromatic nitrogens is 1. The van der Waals surface area contributed by atoms with Crippen molar-refractivity contribution >= 4 is 52.9 Å². The fourth-order valence-corrected chi connectivity index (χ4v) is 3.57. The summed E-state index contributed by atoms with van der Waals surface area (Å²) in [6.45, 7) is 5.67. The minimum Gasteiger partial charge on any atom is -0.356 e. The second-order valence-corrected chi connectivity index (χ2v) is 7.11. The van der Waals surface area contributed by atoms with Crippen LogP contribution < -0.4 is 5.32 Å². The minimum atomic E-state index is 0. The molecular weight excluding hydrogens is 455 g/mol. The van der Waals surface area contributed by atoms with E-state index in [4.69, 9.17) is 11.6 Å². The Kier molecular flexibility index (Phi) is 9.01. The molecule has 1 N–H and O–H groups in total. The van der Waals surface area contributed by atoms with Crippen LogP contribution in [0.1, 0.15) is 21.1 Å². The van der Waals surface area contributed by atoms with Crippen LogP contribution >= 0.6 is 46.9 Å². The van der Waals surface area contributed by atoms with E-state index in [0.717, 1.165) is 46.8 Å². The maximum Gasteiger partial charge on any atom is 0.193 e. The first kappa shape index (κ1) is 21.2. The molecule has 0 atom stereocenters. The van der Waals surface area contributed by atoms with Gasteiger partial charge in [-0.3, -0.25) is 4.99 Å². The predicted molar refractivity (Wildman–Crippen MR) is 115 cm³/mol. The Morgan fingerprint density at radius 2 is 2.04 bits per heavy atom. The fraction of sp³-hybridized carbons (Fsp3) is 0.412. The number of nitrogens with zero attached hydrogens (tertiary/aromatic N) is 3. The largest absolute Gasteiger partial charge is 0.356 e. The molecule has 0 amide bonds. The number of aliphatic imine (C=N–C) groups is 1. The summed E-state index contributed by atoms with van der Waals surface area (Å²) in [6.07, 6.45) is 0.955. The van der Waals surface area contributed by atoms with Gasteiger partial charge in [0.1, 0.15) is 0 Å². The van der Waals surface area contributed by atoms with Crippen molar-refractivity contribution in [2.24, 2.45) is 4.99 Å². The molecule has 0 aliphatic carbocycles. The van der Waals surface area contributed by atoms with Gasteiger partial charge in [-0.05, 0) is 25.5 Å². The van der Waals surface area contributed by atoms with Gasteiger partial charge in [-0.1, -0.05) is 29.8 Å². The molecule has 132 valence electrons. The van der Waals surface area contributed by atoms with E-state index in [2.05, 4.69) is 27.1 Å². The SMILES string of the molecule is CN=C(NCCc1sc(C)nc1C)N(C)Cc1ccccc1Cl.I. The molecular formula is C17H24ClIN4S. The summed E-state index contributed by atoms with van der Waals surface area (Å²) in [5.74, 6) is 0.865. The monoisotopic (exact) mass is 478 g/mol. The molecule has 1 heterocycles. The number of rotatable bonds is 5. The Bertz CT molecular complexity index is 687. The van der Waals surface area contributed by atoms with Gasteiger partial charge >= 0.3 is 0 Å². The number of hydrogen-bond donors (Lipinski definition) is 1. The predicted octanol–water partition coefficient (Wildman–Crippen LogP) is 4.28. The lowest BCUT2D eigenvalue weighted by Gasteiger charge is -2.22. The fourth-order valence-electron chi connectivity index (χ4n) is 2.44. The highest BCUT2D eigenvalue weighted by atomic mass is 127. The molecule has 1 aromatic heterocycles. The van der Waals surface area contributed by atoms with E-state index >= 15 is 0 Å². The average molecular weight is 479 g/mol. The lowest BCUT2D eigenvalue weighted by atomic mass is 10.2. The molecule has 0 unspecified atom stereocenters. The van der Waals surface area contributed by atoms with Crippen molar-refractivity contribution in [2.75, 3.05) is 20.6 Å². The molecule has 0 aliphatic rings. The van der Waals surface area contributed by atoms with Crippen LogP contribution in [0.15, 0.2) is 29.3 Å². The number of guanidine groups is 1. The van der Waals surface area contributed by atoms with Crippen molar-refractivity contribution in [1.82, 2.24) is 15.2 Å². The third kappa shape index (κ3) is 5.89. The third-order valence-corrected chi connectivity index (χ3v) is 5.07. The second kappa shape index (κ2) is 10.2. The number of benzene rings is 1. The molecule has 1 aromatic carbocycles. The first-order valence-electron chi connectivity index (χ1n) is 7.59. The van der Waals surface area contributed by atoms with Crippen LogP contribution in [-0.4, -0.2) is 36.5 Å². The van der Waals surface area contributed by atoms with E-state index in [0.29, 0.717) is 0 Å². The van der Waals surface area contributed by atoms with Gasteiger partial charge in [-0.25, -0.2) is 4.98 Å². The molecule has 4 nitrogen and oxygen atoms in total. The summed E-state index contributed by atoms with van der Waals surface area (Å²) >= 11 is 7.99. The number of thiazole rings is 1. The van der Waals surface area contributed by atoms with Crippen LogP contribution in [0.5, 0.6) is 0 Å². The second-order valence-electron chi connectivity index (χ2n) is 5.41. The molecule has 0 spiro atoms. The van der Waals surface area contributed by atoms with Crippen molar-refractivity contribution in [3.8, 4) is 0 Å². The molecule has 2 aromatic rings. The Morgan fingerprint density at radius 1 is 1.33 bits per heavy atom. The lowest BCUT2D eigenvalue weighted by molar-refractivity contribution is 0.477. The van der Waals surface area contributed by atoms with E-state index < -0.39 is 0 Å². The van der Waals surface area contributed by atoms with Gasteiger partial charge in [0.2, 0.25) is 0 Å². The summed E-state index contributed by atoms with van der Waals surface area (Å²) in [6, 6.07) is 7.89. The van der Waals surface area contributed by atoms with Crippen molar-refractivity contribution in [3.63, 3.8) is 0 Å². The Hall–Kier alpha value is -0.860. The van der Waals surface area contributed by atoms with E-state index in [1.807, 2.05) is 38.2 Å². The Labute approximate surface area is 170 Å². The van der Waals surface area contributed by atoms with Crippen molar-refractivity contribution in [1.29, 1.82) is 0 Å². The molecule has 0 fully saturated rings. The average Bonchev–Trinajstić information content (AvgIpc) is 2.84. The van der Waals surface area contributed by atoms with E-state index in [1.54, 1.807) is 18.4 Å². The van der Waals surface area contributed by atoms with Crippen molar-refractivity contribution in [3.05, 3.63) is 50.4 Å². The molecule has 24 heavy (non-hydrogen) atoms. The quantitative estimate of drug-likeness (QED) is 0.396. The molecule has 0 radical (unpaired) electrons. The van der Waals surface area contributed by atoms with Crippen LogP contribution in [-0.2, 0) is 13.0 Å². The zero-order valence-corrected chi connectivity index (χ0v) is 18.4. The van der Waals surface area contributed by atoms with Gasteiger partial charge in [0.25, 0.3) is 0 Å². The summed E-state index contributed by atoms with van der Waals surface area (Å²) in [4.78, 5) is 12.2.